The molecule has 0 spiro atoms. The third-order valence-electron chi connectivity index (χ3n) is 3.13. The van der Waals surface area contributed by atoms with Crippen molar-refractivity contribution in [3.05, 3.63) is 59.1 Å². The van der Waals surface area contributed by atoms with Crippen LogP contribution in [-0.4, -0.2) is 23.0 Å². The zero-order valence-corrected chi connectivity index (χ0v) is 15.5. The van der Waals surface area contributed by atoms with Crippen LogP contribution in [0.3, 0.4) is 0 Å². The Morgan fingerprint density at radius 1 is 1.08 bits per heavy atom. The standard InChI is InChI=1S/C16H14Cl4N2O2/c1-24-11-8-6-10(7-9-11)14(23)22-15(16(18,19)20)21-13-5-3-2-4-12(13)17/h2-9,15,21H,1H3,(H,22,23). The Bertz CT molecular complexity index is 702. The quantitative estimate of drug-likeness (QED) is 0.548. The SMILES string of the molecule is COc1ccc(C(=O)NC(Nc2ccccc2Cl)C(Cl)(Cl)Cl)cc1. The molecule has 2 aromatic rings. The second-order valence-corrected chi connectivity index (χ2v) is 7.58. The molecule has 1 unspecified atom stereocenters. The van der Waals surface area contributed by atoms with Gasteiger partial charge in [-0.05, 0) is 36.4 Å². The lowest BCUT2D eigenvalue weighted by Gasteiger charge is -2.27. The molecule has 0 aliphatic carbocycles. The molecule has 24 heavy (non-hydrogen) atoms. The molecule has 0 heterocycles. The number of anilines is 1. The van der Waals surface area contributed by atoms with E-state index in [1.165, 1.54) is 0 Å². The fraction of sp³-hybridized carbons (Fsp3) is 0.188. The van der Waals surface area contributed by atoms with E-state index in [0.29, 0.717) is 22.0 Å². The van der Waals surface area contributed by atoms with Crippen LogP contribution in [0.5, 0.6) is 5.75 Å². The summed E-state index contributed by atoms with van der Waals surface area (Å²) in [4.78, 5) is 12.4. The molecule has 2 aromatic carbocycles. The zero-order chi connectivity index (χ0) is 17.7. The number of carbonyl (C=O) groups is 1. The van der Waals surface area contributed by atoms with Gasteiger partial charge in [0, 0.05) is 5.56 Å². The lowest BCUT2D eigenvalue weighted by molar-refractivity contribution is 0.0942. The zero-order valence-electron chi connectivity index (χ0n) is 12.5. The lowest BCUT2D eigenvalue weighted by atomic mass is 10.2. The third-order valence-corrected chi connectivity index (χ3v) is 4.11. The number of halogens is 4. The van der Waals surface area contributed by atoms with Crippen molar-refractivity contribution in [2.75, 3.05) is 12.4 Å². The lowest BCUT2D eigenvalue weighted by Crippen LogP contribution is -2.49. The van der Waals surface area contributed by atoms with Gasteiger partial charge in [-0.2, -0.15) is 0 Å². The van der Waals surface area contributed by atoms with Gasteiger partial charge < -0.3 is 15.4 Å². The van der Waals surface area contributed by atoms with Gasteiger partial charge in [-0.25, -0.2) is 0 Å². The summed E-state index contributed by atoms with van der Waals surface area (Å²) in [6.07, 6.45) is -0.989. The molecule has 0 fully saturated rings. The van der Waals surface area contributed by atoms with Crippen molar-refractivity contribution in [1.82, 2.24) is 5.32 Å². The van der Waals surface area contributed by atoms with Crippen LogP contribution < -0.4 is 15.4 Å². The Labute approximate surface area is 160 Å². The van der Waals surface area contributed by atoms with Gasteiger partial charge in [-0.15, -0.1) is 0 Å². The number of alkyl halides is 3. The van der Waals surface area contributed by atoms with E-state index < -0.39 is 15.9 Å². The third kappa shape index (κ3) is 5.08. The van der Waals surface area contributed by atoms with E-state index in [-0.39, 0.29) is 0 Å². The van der Waals surface area contributed by atoms with E-state index >= 15 is 0 Å². The monoisotopic (exact) mass is 406 g/mol. The number of hydrogen-bond donors (Lipinski definition) is 2. The molecule has 0 aromatic heterocycles. The van der Waals surface area contributed by atoms with E-state index in [0.717, 1.165) is 0 Å². The van der Waals surface area contributed by atoms with Crippen molar-refractivity contribution in [3.63, 3.8) is 0 Å². The number of methoxy groups -OCH3 is 1. The molecule has 2 N–H and O–H groups in total. The second kappa shape index (κ2) is 8.17. The van der Waals surface area contributed by atoms with Crippen LogP contribution in [0.2, 0.25) is 5.02 Å². The Kier molecular flexibility index (Phi) is 6.47. The molecular weight excluding hydrogens is 394 g/mol. The van der Waals surface area contributed by atoms with E-state index in [2.05, 4.69) is 10.6 Å². The number of benzene rings is 2. The minimum Gasteiger partial charge on any atom is -0.497 e. The molecule has 8 heteroatoms. The minimum absolute atomic E-state index is 0.399. The van der Waals surface area contributed by atoms with Gasteiger partial charge in [0.05, 0.1) is 17.8 Å². The van der Waals surface area contributed by atoms with Gasteiger partial charge in [0.1, 0.15) is 11.9 Å². The van der Waals surface area contributed by atoms with Crippen molar-refractivity contribution < 1.29 is 9.53 Å². The Balaban J connectivity index is 2.16. The summed E-state index contributed by atoms with van der Waals surface area (Å²) >= 11 is 24.0. The first-order valence-electron chi connectivity index (χ1n) is 6.84. The number of amides is 1. The average molecular weight is 408 g/mol. The molecule has 1 atom stereocenters. The fourth-order valence-corrected chi connectivity index (χ4v) is 2.41. The molecule has 0 saturated heterocycles. The van der Waals surface area contributed by atoms with Crippen molar-refractivity contribution in [2.45, 2.75) is 9.96 Å². The highest BCUT2D eigenvalue weighted by molar-refractivity contribution is 6.68. The van der Waals surface area contributed by atoms with E-state index in [9.17, 15) is 4.79 Å². The molecule has 0 bridgehead atoms. The van der Waals surface area contributed by atoms with Gasteiger partial charge in [-0.3, -0.25) is 4.79 Å². The number of carbonyl (C=O) groups excluding carboxylic acids is 1. The normalized spacial score (nSPS) is 12.4. The predicted octanol–water partition coefficient (Wildman–Crippen LogP) is 4.89. The number of hydrogen-bond acceptors (Lipinski definition) is 3. The number of para-hydroxylation sites is 1. The van der Waals surface area contributed by atoms with Gasteiger partial charge in [0.25, 0.3) is 5.91 Å². The predicted molar refractivity (Wildman–Crippen MR) is 99.6 cm³/mol. The maximum Gasteiger partial charge on any atom is 0.252 e. The molecule has 4 nitrogen and oxygen atoms in total. The summed E-state index contributed by atoms with van der Waals surface area (Å²) in [5.41, 5.74) is 0.932. The van der Waals surface area contributed by atoms with E-state index in [1.54, 1.807) is 55.6 Å². The maximum absolute atomic E-state index is 12.4. The molecular formula is C16H14Cl4N2O2. The summed E-state index contributed by atoms with van der Waals surface area (Å²) in [5, 5.41) is 6.01. The number of rotatable bonds is 5. The first-order chi connectivity index (χ1) is 11.3. The summed E-state index contributed by atoms with van der Waals surface area (Å²) in [5.74, 6) is 0.229. The van der Waals surface area contributed by atoms with Crippen molar-refractivity contribution >= 4 is 58.0 Å². The molecule has 0 radical (unpaired) electrons. The van der Waals surface area contributed by atoms with Gasteiger partial charge in [-0.1, -0.05) is 58.5 Å². The van der Waals surface area contributed by atoms with Gasteiger partial charge in [0.15, 0.2) is 0 Å². The van der Waals surface area contributed by atoms with E-state index in [1.807, 2.05) is 0 Å². The largest absolute Gasteiger partial charge is 0.497 e. The van der Waals surface area contributed by atoms with E-state index in [4.69, 9.17) is 51.1 Å². The number of nitrogens with one attached hydrogen (secondary N) is 2. The fourth-order valence-electron chi connectivity index (χ4n) is 1.89. The van der Waals surface area contributed by atoms with Crippen molar-refractivity contribution in [1.29, 1.82) is 0 Å². The molecule has 1 amide bonds. The molecule has 2 rings (SSSR count). The van der Waals surface area contributed by atoms with Crippen LogP contribution in [0.1, 0.15) is 10.4 Å². The summed E-state index contributed by atoms with van der Waals surface area (Å²) in [6, 6.07) is 13.5. The maximum atomic E-state index is 12.4. The highest BCUT2D eigenvalue weighted by atomic mass is 35.6. The second-order valence-electron chi connectivity index (χ2n) is 4.80. The van der Waals surface area contributed by atoms with Crippen LogP contribution in [-0.2, 0) is 0 Å². The molecule has 0 saturated carbocycles. The summed E-state index contributed by atoms with van der Waals surface area (Å²) in [6.45, 7) is 0. The molecule has 0 aliphatic rings. The first-order valence-corrected chi connectivity index (χ1v) is 8.35. The molecule has 128 valence electrons. The minimum atomic E-state index is -1.79. The number of ether oxygens (including phenoxy) is 1. The molecule has 0 aliphatic heterocycles. The highest BCUT2D eigenvalue weighted by Gasteiger charge is 2.34. The van der Waals surface area contributed by atoms with Crippen molar-refractivity contribution in [2.24, 2.45) is 0 Å². The Morgan fingerprint density at radius 2 is 1.71 bits per heavy atom. The Hall–Kier alpha value is -1.33. The van der Waals surface area contributed by atoms with Gasteiger partial charge >= 0.3 is 0 Å². The van der Waals surface area contributed by atoms with Gasteiger partial charge in [0.2, 0.25) is 3.79 Å². The Morgan fingerprint density at radius 3 is 2.25 bits per heavy atom. The van der Waals surface area contributed by atoms with Crippen LogP contribution in [0, 0.1) is 0 Å². The average Bonchev–Trinajstić information content (AvgIpc) is 2.55. The van der Waals surface area contributed by atoms with Crippen LogP contribution >= 0.6 is 46.4 Å². The first kappa shape index (κ1) is 19.0. The highest BCUT2D eigenvalue weighted by Crippen LogP contribution is 2.32. The summed E-state index contributed by atoms with van der Waals surface area (Å²) in [7, 11) is 1.54. The summed E-state index contributed by atoms with van der Waals surface area (Å²) < 4.78 is 3.26. The topological polar surface area (TPSA) is 50.4 Å². The smallest absolute Gasteiger partial charge is 0.252 e. The van der Waals surface area contributed by atoms with Crippen LogP contribution in [0.15, 0.2) is 48.5 Å². The van der Waals surface area contributed by atoms with Crippen LogP contribution in [0.25, 0.3) is 0 Å². The van der Waals surface area contributed by atoms with Crippen molar-refractivity contribution in [3.8, 4) is 5.75 Å². The van der Waals surface area contributed by atoms with Crippen LogP contribution in [0.4, 0.5) is 5.69 Å².